The maximum Gasteiger partial charge on any atom is 0.319 e. The van der Waals surface area contributed by atoms with Crippen LogP contribution < -0.4 is 25.4 Å². The van der Waals surface area contributed by atoms with Gasteiger partial charge in [0.2, 0.25) is 5.91 Å². The average molecular weight is 724 g/mol. The fraction of sp³-hybridized carbons (Fsp3) is 0.486. The van der Waals surface area contributed by atoms with Crippen molar-refractivity contribution in [2.45, 2.75) is 81.9 Å². The largest absolute Gasteiger partial charge is 0.488 e. The standard InChI is InChI=1S/C35H33ClF3N7O3S/c1-15-9-18-10-22(42-33(47)16-3-4-16)46(18)32-25-28(43-34(44-32)48-14-35-7-2-8-45(35)13-17(37)11-35)27(39)24(26(36)29(25)49-15)19-5-6-21(38)30-23(19)20(12-40)31(41)50-30/h5-6,15-18,22H,2-4,7-11,13-14,41H2,1H3,(H,42,47)/t15?,17-,18+,22?,35+/m1/s1. The van der Waals surface area contributed by atoms with E-state index in [0.29, 0.717) is 31.6 Å². The van der Waals surface area contributed by atoms with Gasteiger partial charge in [0.05, 0.1) is 32.3 Å². The van der Waals surface area contributed by atoms with Gasteiger partial charge in [-0.1, -0.05) is 17.7 Å². The zero-order valence-corrected chi connectivity index (χ0v) is 28.6. The summed E-state index contributed by atoms with van der Waals surface area (Å²) >= 11 is 8.01. The molecule has 4 aromatic rings. The predicted octanol–water partition coefficient (Wildman–Crippen LogP) is 6.45. The highest BCUT2D eigenvalue weighted by molar-refractivity contribution is 7.23. The summed E-state index contributed by atoms with van der Waals surface area (Å²) in [6.45, 7) is 3.11. The van der Waals surface area contributed by atoms with Crippen molar-refractivity contribution in [3.05, 3.63) is 34.4 Å². The molecule has 10 nitrogen and oxygen atoms in total. The number of ether oxygens (including phenoxy) is 2. The SMILES string of the molecule is CC1C[C@H]2CC(NC(=O)C3CC3)N2c2nc(OC[C@@]34CCCN3C[C@H](F)C4)nc3c(F)c(-c4ccc(F)c5sc(N)c(C#N)c45)c(Cl)c(c23)O1. The lowest BCUT2D eigenvalue weighted by atomic mass is 9.90. The van der Waals surface area contributed by atoms with Crippen molar-refractivity contribution in [3.8, 4) is 29.0 Å². The summed E-state index contributed by atoms with van der Waals surface area (Å²) in [5.41, 5.74) is 5.50. The first-order valence-corrected chi connectivity index (χ1v) is 18.2. The number of benzene rings is 2. The molecule has 1 saturated carbocycles. The van der Waals surface area contributed by atoms with Crippen molar-refractivity contribution in [1.82, 2.24) is 20.2 Å². The Morgan fingerprint density at radius 2 is 2.10 bits per heavy atom. The number of fused-ring (bicyclic) bond motifs is 4. The second-order valence-electron chi connectivity index (χ2n) is 14.3. The number of amides is 1. The van der Waals surface area contributed by atoms with Crippen LogP contribution in [0.2, 0.25) is 5.02 Å². The number of nitrogens with one attached hydrogen (secondary N) is 1. The number of nitrogens with zero attached hydrogens (tertiary/aromatic N) is 5. The molecule has 2 aromatic heterocycles. The minimum Gasteiger partial charge on any atom is -0.488 e. The lowest BCUT2D eigenvalue weighted by Gasteiger charge is -2.51. The van der Waals surface area contributed by atoms with E-state index < -0.39 is 29.5 Å². The summed E-state index contributed by atoms with van der Waals surface area (Å²) in [7, 11) is 0. The Balaban J connectivity index is 1.25. The van der Waals surface area contributed by atoms with Crippen molar-refractivity contribution < 1.29 is 27.4 Å². The molecular formula is C35H33ClF3N7O3S. The number of nitriles is 1. The first kappa shape index (κ1) is 31.9. The number of carbonyl (C=O) groups excluding carboxylic acids is 1. The van der Waals surface area contributed by atoms with Crippen LogP contribution >= 0.6 is 22.9 Å². The number of hydrogen-bond donors (Lipinski definition) is 2. The highest BCUT2D eigenvalue weighted by Gasteiger charge is 2.50. The number of rotatable bonds is 6. The van der Waals surface area contributed by atoms with Gasteiger partial charge < -0.3 is 25.4 Å². The van der Waals surface area contributed by atoms with E-state index in [-0.39, 0.29) is 90.0 Å². The lowest BCUT2D eigenvalue weighted by molar-refractivity contribution is -0.123. The molecule has 4 fully saturated rings. The number of thiophene rings is 1. The van der Waals surface area contributed by atoms with Crippen LogP contribution in [0.25, 0.3) is 32.1 Å². The molecule has 4 aliphatic heterocycles. The van der Waals surface area contributed by atoms with Gasteiger partial charge in [-0.3, -0.25) is 9.69 Å². The van der Waals surface area contributed by atoms with Crippen LogP contribution in [0.15, 0.2) is 12.1 Å². The molecule has 1 amide bonds. The highest BCUT2D eigenvalue weighted by atomic mass is 35.5. The van der Waals surface area contributed by atoms with Gasteiger partial charge in [-0.2, -0.15) is 15.2 Å². The molecule has 2 aromatic carbocycles. The van der Waals surface area contributed by atoms with Crippen LogP contribution in [-0.2, 0) is 4.79 Å². The third kappa shape index (κ3) is 4.80. The van der Waals surface area contributed by atoms with E-state index in [9.17, 15) is 14.4 Å². The first-order chi connectivity index (χ1) is 24.1. The number of aromatic nitrogens is 2. The number of alkyl halides is 1. The maximum atomic E-state index is 17.4. The Kier molecular flexibility index (Phi) is 7.32. The van der Waals surface area contributed by atoms with Crippen molar-refractivity contribution in [2.24, 2.45) is 5.92 Å². The lowest BCUT2D eigenvalue weighted by Crippen LogP contribution is -2.65. The zero-order chi connectivity index (χ0) is 34.6. The van der Waals surface area contributed by atoms with Gasteiger partial charge in [-0.15, -0.1) is 11.3 Å². The minimum atomic E-state index is -0.969. The number of carbonyl (C=O) groups is 1. The molecule has 1 aliphatic carbocycles. The zero-order valence-electron chi connectivity index (χ0n) is 27.1. The van der Waals surface area contributed by atoms with E-state index in [1.165, 1.54) is 12.1 Å². The molecule has 6 heterocycles. The second-order valence-corrected chi connectivity index (χ2v) is 15.7. The average Bonchev–Trinajstić information content (AvgIpc) is 3.67. The molecule has 260 valence electrons. The van der Waals surface area contributed by atoms with E-state index in [1.54, 1.807) is 0 Å². The van der Waals surface area contributed by atoms with Gasteiger partial charge >= 0.3 is 6.01 Å². The quantitative estimate of drug-likeness (QED) is 0.231. The van der Waals surface area contributed by atoms with E-state index in [0.717, 1.165) is 43.6 Å². The smallest absolute Gasteiger partial charge is 0.319 e. The van der Waals surface area contributed by atoms with Crippen LogP contribution in [0.3, 0.4) is 0 Å². The summed E-state index contributed by atoms with van der Waals surface area (Å²) in [5.74, 6) is -1.08. The van der Waals surface area contributed by atoms with Gasteiger partial charge in [0.15, 0.2) is 11.6 Å². The number of halogens is 4. The molecule has 5 atom stereocenters. The molecule has 9 rings (SSSR count). The van der Waals surface area contributed by atoms with Crippen LogP contribution in [0.4, 0.5) is 24.0 Å². The van der Waals surface area contributed by atoms with Crippen molar-refractivity contribution >= 4 is 60.7 Å². The summed E-state index contributed by atoms with van der Waals surface area (Å²) in [6, 6.07) is 4.39. The third-order valence-corrected chi connectivity index (χ3v) is 12.4. The molecule has 3 N–H and O–H groups in total. The number of nitrogen functional groups attached to an aromatic ring is 1. The Morgan fingerprint density at radius 1 is 1.28 bits per heavy atom. The van der Waals surface area contributed by atoms with Crippen LogP contribution in [0.1, 0.15) is 57.4 Å². The summed E-state index contributed by atoms with van der Waals surface area (Å²) in [5, 5.41) is 13.5. The number of anilines is 2. The first-order valence-electron chi connectivity index (χ1n) is 17.0. The topological polar surface area (TPSA) is 130 Å². The van der Waals surface area contributed by atoms with Crippen LogP contribution in [-0.4, -0.2) is 70.5 Å². The van der Waals surface area contributed by atoms with Crippen LogP contribution in [0, 0.1) is 28.9 Å². The monoisotopic (exact) mass is 723 g/mol. The van der Waals surface area contributed by atoms with Gasteiger partial charge in [0, 0.05) is 48.7 Å². The van der Waals surface area contributed by atoms with Gasteiger partial charge in [-0.25, -0.2) is 13.2 Å². The maximum absolute atomic E-state index is 17.4. The molecule has 15 heteroatoms. The molecular weight excluding hydrogens is 691 g/mol. The van der Waals surface area contributed by atoms with Crippen molar-refractivity contribution in [3.63, 3.8) is 0 Å². The van der Waals surface area contributed by atoms with Gasteiger partial charge in [0.1, 0.15) is 47.2 Å². The van der Waals surface area contributed by atoms with Gasteiger partial charge in [-0.05, 0) is 50.8 Å². The molecule has 5 aliphatic rings. The molecule has 50 heavy (non-hydrogen) atoms. The molecule has 0 spiro atoms. The Bertz CT molecular complexity index is 2160. The van der Waals surface area contributed by atoms with Crippen molar-refractivity contribution in [2.75, 3.05) is 30.3 Å². The molecule has 2 unspecified atom stereocenters. The minimum absolute atomic E-state index is 0.0141. The summed E-state index contributed by atoms with van der Waals surface area (Å²) in [6.07, 6.45) is 3.11. The van der Waals surface area contributed by atoms with E-state index in [2.05, 4.69) is 15.2 Å². The molecule has 3 saturated heterocycles. The predicted molar refractivity (Wildman–Crippen MR) is 183 cm³/mol. The normalized spacial score (nSPS) is 27.2. The highest BCUT2D eigenvalue weighted by Crippen LogP contribution is 2.53. The summed E-state index contributed by atoms with van der Waals surface area (Å²) in [4.78, 5) is 26.5. The van der Waals surface area contributed by atoms with E-state index in [4.69, 9.17) is 31.8 Å². The molecule has 0 radical (unpaired) electrons. The Hall–Kier alpha value is -4.06. The van der Waals surface area contributed by atoms with E-state index >= 15 is 8.78 Å². The third-order valence-electron chi connectivity index (χ3n) is 11.0. The fourth-order valence-electron chi connectivity index (χ4n) is 8.51. The molecule has 0 bridgehead atoms. The fourth-order valence-corrected chi connectivity index (χ4v) is 9.78. The van der Waals surface area contributed by atoms with E-state index in [1.807, 2.05) is 17.9 Å². The van der Waals surface area contributed by atoms with Gasteiger partial charge in [0.25, 0.3) is 0 Å². The summed E-state index contributed by atoms with van der Waals surface area (Å²) < 4.78 is 59.9. The number of hydrogen-bond acceptors (Lipinski definition) is 10. The van der Waals surface area contributed by atoms with Crippen molar-refractivity contribution in [1.29, 1.82) is 5.26 Å². The number of nitrogens with two attached hydrogens (primary N) is 1. The van der Waals surface area contributed by atoms with Crippen LogP contribution in [0.5, 0.6) is 11.8 Å². The Labute approximate surface area is 294 Å². The second kappa shape index (κ2) is 11.5. The Morgan fingerprint density at radius 3 is 2.88 bits per heavy atom.